The van der Waals surface area contributed by atoms with E-state index in [0.717, 1.165) is 6.20 Å². The van der Waals surface area contributed by atoms with Crippen molar-refractivity contribution in [1.82, 2.24) is 4.98 Å². The van der Waals surface area contributed by atoms with Gasteiger partial charge in [-0.1, -0.05) is 19.8 Å². The molecular weight excluding hydrogens is 184 g/mol. The summed E-state index contributed by atoms with van der Waals surface area (Å²) in [7, 11) is 0. The average molecular weight is 195 g/mol. The third kappa shape index (κ3) is 2.08. The van der Waals surface area contributed by atoms with Gasteiger partial charge in [0.15, 0.2) is 0 Å². The van der Waals surface area contributed by atoms with Gasteiger partial charge in [-0.05, 0) is 17.5 Å². The van der Waals surface area contributed by atoms with E-state index in [4.69, 9.17) is 6.42 Å². The summed E-state index contributed by atoms with van der Waals surface area (Å²) >= 11 is 0. The minimum absolute atomic E-state index is 0.0223. The van der Waals surface area contributed by atoms with Crippen molar-refractivity contribution >= 4 is 0 Å². The Morgan fingerprint density at radius 3 is 2.43 bits per heavy atom. The number of aromatic nitrogens is 1. The summed E-state index contributed by atoms with van der Waals surface area (Å²) in [5.41, 5.74) is 0.944. The fraction of sp³-hybridized carbons (Fsp3) is 0.364. The van der Waals surface area contributed by atoms with E-state index in [-0.39, 0.29) is 11.5 Å². The van der Waals surface area contributed by atoms with Gasteiger partial charge in [0, 0.05) is 11.8 Å². The molecule has 3 heteroatoms. The van der Waals surface area contributed by atoms with Crippen LogP contribution in [-0.4, -0.2) is 4.98 Å². The van der Waals surface area contributed by atoms with Crippen LogP contribution in [0, 0.1) is 12.3 Å². The fourth-order valence-corrected chi connectivity index (χ4v) is 1.24. The summed E-state index contributed by atoms with van der Waals surface area (Å²) in [6.07, 6.45) is 3.81. The Morgan fingerprint density at radius 1 is 1.36 bits per heavy atom. The first-order valence-electron chi connectivity index (χ1n) is 4.30. The molecule has 0 aliphatic heterocycles. The number of alkyl halides is 2. The molecule has 0 spiro atoms. The number of terminal acetylenes is 1. The first-order valence-corrected chi connectivity index (χ1v) is 4.30. The molecule has 0 N–H and O–H groups in total. The molecule has 1 aromatic rings. The molecule has 0 fully saturated rings. The van der Waals surface area contributed by atoms with Crippen LogP contribution in [-0.2, 0) is 0 Å². The zero-order valence-electron chi connectivity index (χ0n) is 8.09. The fourth-order valence-electron chi connectivity index (χ4n) is 1.24. The van der Waals surface area contributed by atoms with Crippen molar-refractivity contribution in [1.29, 1.82) is 0 Å². The molecule has 0 atom stereocenters. The zero-order chi connectivity index (χ0) is 10.7. The molecule has 0 saturated heterocycles. The second-order valence-electron chi connectivity index (χ2n) is 3.30. The normalized spacial score (nSPS) is 10.6. The minimum Gasteiger partial charge on any atom is -0.247 e. The van der Waals surface area contributed by atoms with E-state index in [1.165, 1.54) is 0 Å². The molecule has 1 aromatic heterocycles. The summed E-state index contributed by atoms with van der Waals surface area (Å²) < 4.78 is 25.1. The monoisotopic (exact) mass is 195 g/mol. The molecule has 0 amide bonds. The van der Waals surface area contributed by atoms with Crippen LogP contribution in [0.25, 0.3) is 0 Å². The Kier molecular flexibility index (Phi) is 3.19. The molecule has 0 saturated carbocycles. The van der Waals surface area contributed by atoms with Crippen molar-refractivity contribution in [3.8, 4) is 12.3 Å². The molecule has 0 aliphatic rings. The van der Waals surface area contributed by atoms with Crippen molar-refractivity contribution in [2.75, 3.05) is 0 Å². The second kappa shape index (κ2) is 4.19. The van der Waals surface area contributed by atoms with E-state index in [1.807, 2.05) is 13.8 Å². The molecule has 1 rings (SSSR count). The van der Waals surface area contributed by atoms with Crippen molar-refractivity contribution < 1.29 is 8.78 Å². The summed E-state index contributed by atoms with van der Waals surface area (Å²) in [6, 6.07) is 1.55. The summed E-state index contributed by atoms with van der Waals surface area (Å²) in [5.74, 6) is 2.35. The highest BCUT2D eigenvalue weighted by atomic mass is 19.3. The van der Waals surface area contributed by atoms with Gasteiger partial charge in [-0.3, -0.25) is 0 Å². The van der Waals surface area contributed by atoms with E-state index in [9.17, 15) is 8.78 Å². The number of hydrogen-bond donors (Lipinski definition) is 0. The predicted molar refractivity (Wildman–Crippen MR) is 51.2 cm³/mol. The van der Waals surface area contributed by atoms with E-state index in [1.54, 1.807) is 6.07 Å². The van der Waals surface area contributed by atoms with Crippen molar-refractivity contribution in [2.24, 2.45) is 0 Å². The Morgan fingerprint density at radius 2 is 2.00 bits per heavy atom. The molecule has 0 unspecified atom stereocenters. The van der Waals surface area contributed by atoms with Gasteiger partial charge in [0.25, 0.3) is 6.43 Å². The molecule has 0 radical (unpaired) electrons. The minimum atomic E-state index is -2.49. The first kappa shape index (κ1) is 10.6. The lowest BCUT2D eigenvalue weighted by Crippen LogP contribution is -1.99. The van der Waals surface area contributed by atoms with Crippen LogP contribution >= 0.6 is 0 Å². The Balaban J connectivity index is 3.26. The SMILES string of the molecule is C#Cc1cc(C(C)C)c(C(F)F)cn1. The maximum absolute atomic E-state index is 12.5. The van der Waals surface area contributed by atoms with Crippen molar-refractivity contribution in [3.05, 3.63) is 29.1 Å². The van der Waals surface area contributed by atoms with Crippen LogP contribution < -0.4 is 0 Å². The van der Waals surface area contributed by atoms with Crippen LogP contribution in [0.2, 0.25) is 0 Å². The van der Waals surface area contributed by atoms with Crippen LogP contribution in [0.5, 0.6) is 0 Å². The number of pyridine rings is 1. The molecule has 0 aromatic carbocycles. The molecule has 14 heavy (non-hydrogen) atoms. The lowest BCUT2D eigenvalue weighted by atomic mass is 9.98. The number of halogens is 2. The van der Waals surface area contributed by atoms with E-state index < -0.39 is 6.43 Å². The molecule has 0 bridgehead atoms. The van der Waals surface area contributed by atoms with Gasteiger partial charge in [-0.25, -0.2) is 13.8 Å². The quantitative estimate of drug-likeness (QED) is 0.661. The lowest BCUT2D eigenvalue weighted by molar-refractivity contribution is 0.149. The van der Waals surface area contributed by atoms with Gasteiger partial charge >= 0.3 is 0 Å². The standard InChI is InChI=1S/C11H11F2N/c1-4-8-5-9(7(2)3)10(6-14-8)11(12)13/h1,5-7,11H,2-3H3. The van der Waals surface area contributed by atoms with Gasteiger partial charge in [0.2, 0.25) is 0 Å². The Labute approximate surface area is 82.2 Å². The van der Waals surface area contributed by atoms with Crippen LogP contribution in [0.3, 0.4) is 0 Å². The topological polar surface area (TPSA) is 12.9 Å². The van der Waals surface area contributed by atoms with Crippen LogP contribution in [0.4, 0.5) is 8.78 Å². The summed E-state index contributed by atoms with van der Waals surface area (Å²) in [6.45, 7) is 3.70. The molecule has 0 aliphatic carbocycles. The van der Waals surface area contributed by atoms with Gasteiger partial charge in [0.1, 0.15) is 5.69 Å². The smallest absolute Gasteiger partial charge is 0.247 e. The molecule has 1 heterocycles. The van der Waals surface area contributed by atoms with Gasteiger partial charge in [0.05, 0.1) is 0 Å². The third-order valence-electron chi connectivity index (χ3n) is 1.97. The molecule has 1 nitrogen and oxygen atoms in total. The summed E-state index contributed by atoms with van der Waals surface area (Å²) in [5, 5.41) is 0. The van der Waals surface area contributed by atoms with Gasteiger partial charge in [-0.2, -0.15) is 0 Å². The molecular formula is C11H11F2N. The lowest BCUT2D eigenvalue weighted by Gasteiger charge is -2.11. The number of rotatable bonds is 2. The molecule has 74 valence electrons. The highest BCUT2D eigenvalue weighted by Gasteiger charge is 2.15. The first-order chi connectivity index (χ1) is 6.56. The Hall–Kier alpha value is -1.43. The second-order valence-corrected chi connectivity index (χ2v) is 3.30. The van der Waals surface area contributed by atoms with E-state index in [2.05, 4.69) is 10.9 Å². The van der Waals surface area contributed by atoms with E-state index >= 15 is 0 Å². The third-order valence-corrected chi connectivity index (χ3v) is 1.97. The largest absolute Gasteiger partial charge is 0.265 e. The maximum Gasteiger partial charge on any atom is 0.265 e. The number of hydrogen-bond acceptors (Lipinski definition) is 1. The van der Waals surface area contributed by atoms with Crippen LogP contribution in [0.15, 0.2) is 12.3 Å². The predicted octanol–water partition coefficient (Wildman–Crippen LogP) is 3.12. The maximum atomic E-state index is 12.5. The number of nitrogens with zero attached hydrogens (tertiary/aromatic N) is 1. The van der Waals surface area contributed by atoms with Crippen LogP contribution in [0.1, 0.15) is 43.0 Å². The highest BCUT2D eigenvalue weighted by Crippen LogP contribution is 2.27. The van der Waals surface area contributed by atoms with Crippen molar-refractivity contribution in [3.63, 3.8) is 0 Å². The van der Waals surface area contributed by atoms with Gasteiger partial charge in [-0.15, -0.1) is 6.42 Å². The zero-order valence-corrected chi connectivity index (χ0v) is 8.09. The van der Waals surface area contributed by atoms with E-state index in [0.29, 0.717) is 11.3 Å². The van der Waals surface area contributed by atoms with Gasteiger partial charge < -0.3 is 0 Å². The summed E-state index contributed by atoms with van der Waals surface area (Å²) in [4.78, 5) is 3.75. The van der Waals surface area contributed by atoms with Crippen molar-refractivity contribution in [2.45, 2.75) is 26.2 Å². The Bertz CT molecular complexity index is 364. The average Bonchev–Trinajstić information content (AvgIpc) is 2.16. The highest BCUT2D eigenvalue weighted by molar-refractivity contribution is 5.36.